The Morgan fingerprint density at radius 3 is 2.41 bits per heavy atom. The second kappa shape index (κ2) is 5.88. The molecule has 1 aliphatic carbocycles. The lowest BCUT2D eigenvalue weighted by Gasteiger charge is -2.36. The summed E-state index contributed by atoms with van der Waals surface area (Å²) in [4.78, 5) is 32.2. The number of fused-ring (bicyclic) bond motifs is 3. The molecule has 0 saturated carbocycles. The molecule has 4 heteroatoms. The van der Waals surface area contributed by atoms with Crippen LogP contribution in [0.3, 0.4) is 0 Å². The monoisotopic (exact) mass is 354 g/mol. The van der Waals surface area contributed by atoms with Gasteiger partial charge in [0.05, 0.1) is 16.8 Å². The first-order valence-electron chi connectivity index (χ1n) is 9.17. The van der Waals surface area contributed by atoms with Crippen molar-refractivity contribution in [1.82, 2.24) is 4.90 Å². The number of carbonyl (C=O) groups is 2. The molecule has 4 nitrogen and oxygen atoms in total. The van der Waals surface area contributed by atoms with E-state index in [0.717, 1.165) is 29.0 Å². The number of aliphatic imine (C=N–C) groups is 1. The third-order valence-electron chi connectivity index (χ3n) is 5.63. The molecule has 2 aliphatic heterocycles. The Kier molecular flexibility index (Phi) is 3.47. The highest BCUT2D eigenvalue weighted by Crippen LogP contribution is 2.44. The molecule has 0 spiro atoms. The fourth-order valence-electron chi connectivity index (χ4n) is 4.37. The minimum Gasteiger partial charge on any atom is -0.271 e. The summed E-state index contributed by atoms with van der Waals surface area (Å²) in [7, 11) is 0. The first kappa shape index (κ1) is 15.9. The van der Waals surface area contributed by atoms with Crippen molar-refractivity contribution in [1.29, 1.82) is 0 Å². The Bertz CT molecular complexity index is 1040. The molecule has 0 radical (unpaired) electrons. The third kappa shape index (κ3) is 2.26. The minimum absolute atomic E-state index is 0.0825. The van der Waals surface area contributed by atoms with Gasteiger partial charge in [-0.1, -0.05) is 48.6 Å². The lowest BCUT2D eigenvalue weighted by molar-refractivity contribution is 0.0584. The van der Waals surface area contributed by atoms with E-state index in [9.17, 15) is 9.59 Å². The summed E-state index contributed by atoms with van der Waals surface area (Å²) in [5.74, 6) is -0.506. The Morgan fingerprint density at radius 2 is 1.67 bits per heavy atom. The highest BCUT2D eigenvalue weighted by atomic mass is 16.2. The molecule has 0 N–H and O–H groups in total. The van der Waals surface area contributed by atoms with Gasteiger partial charge in [0.15, 0.2) is 0 Å². The lowest BCUT2D eigenvalue weighted by Crippen LogP contribution is -2.43. The zero-order chi connectivity index (χ0) is 18.5. The molecular weight excluding hydrogens is 336 g/mol. The molecule has 0 aromatic heterocycles. The van der Waals surface area contributed by atoms with Crippen molar-refractivity contribution in [2.75, 3.05) is 0 Å². The molecule has 3 aliphatic rings. The first-order valence-corrected chi connectivity index (χ1v) is 9.17. The Hall–Kier alpha value is -3.27. The van der Waals surface area contributed by atoms with Gasteiger partial charge in [0, 0.05) is 24.1 Å². The SMILES string of the molecule is CC(C1C2=CC=CCC2=Nc2ccccc21)N1C(=O)c2ccccc2C1=O. The summed E-state index contributed by atoms with van der Waals surface area (Å²) in [6, 6.07) is 14.8. The predicted octanol–water partition coefficient (Wildman–Crippen LogP) is 4.43. The molecule has 0 fully saturated rings. The van der Waals surface area contributed by atoms with Crippen molar-refractivity contribution >= 4 is 23.2 Å². The van der Waals surface area contributed by atoms with Gasteiger partial charge in [-0.25, -0.2) is 0 Å². The van der Waals surface area contributed by atoms with Crippen LogP contribution in [0, 0.1) is 0 Å². The molecule has 27 heavy (non-hydrogen) atoms. The van der Waals surface area contributed by atoms with Crippen LogP contribution in [0.1, 0.15) is 45.5 Å². The van der Waals surface area contributed by atoms with Crippen molar-refractivity contribution in [3.8, 4) is 0 Å². The van der Waals surface area contributed by atoms with E-state index in [1.165, 1.54) is 4.90 Å². The molecule has 0 saturated heterocycles. The van der Waals surface area contributed by atoms with Crippen LogP contribution >= 0.6 is 0 Å². The summed E-state index contributed by atoms with van der Waals surface area (Å²) in [5.41, 5.74) is 5.08. The maximum absolute atomic E-state index is 13.0. The third-order valence-corrected chi connectivity index (χ3v) is 5.63. The number of imide groups is 1. The zero-order valence-electron chi connectivity index (χ0n) is 14.9. The average molecular weight is 354 g/mol. The van der Waals surface area contributed by atoms with Gasteiger partial charge in [0.2, 0.25) is 0 Å². The molecule has 5 rings (SSSR count). The Balaban J connectivity index is 1.62. The van der Waals surface area contributed by atoms with Crippen LogP contribution in [0.4, 0.5) is 5.69 Å². The molecular formula is C23H18N2O2. The van der Waals surface area contributed by atoms with Crippen LogP contribution in [0.5, 0.6) is 0 Å². The number of nitrogens with zero attached hydrogens (tertiary/aromatic N) is 2. The largest absolute Gasteiger partial charge is 0.271 e. The number of hydrogen-bond donors (Lipinski definition) is 0. The van der Waals surface area contributed by atoms with Crippen LogP contribution in [0.15, 0.2) is 77.3 Å². The standard InChI is InChI=1S/C23H18N2O2/c1-14(25-22(26)15-8-2-3-9-16(15)23(25)27)21-17-10-4-6-12-19(17)24-20-13-7-5-11-18(20)21/h2-12,14,21H,13H2,1H3. The fourth-order valence-corrected chi connectivity index (χ4v) is 4.37. The van der Waals surface area contributed by atoms with E-state index in [0.29, 0.717) is 11.1 Å². The Labute approximate surface area is 157 Å². The fraction of sp³-hybridized carbons (Fsp3) is 0.174. The van der Waals surface area contributed by atoms with Gasteiger partial charge in [-0.15, -0.1) is 0 Å². The molecule has 2 heterocycles. The van der Waals surface area contributed by atoms with E-state index in [4.69, 9.17) is 4.99 Å². The maximum Gasteiger partial charge on any atom is 0.261 e. The van der Waals surface area contributed by atoms with Gasteiger partial charge in [-0.05, 0) is 36.3 Å². The van der Waals surface area contributed by atoms with E-state index in [-0.39, 0.29) is 23.8 Å². The van der Waals surface area contributed by atoms with Crippen LogP contribution in [-0.4, -0.2) is 28.5 Å². The number of carbonyl (C=O) groups excluding carboxylic acids is 2. The summed E-state index contributed by atoms with van der Waals surface area (Å²) < 4.78 is 0. The van der Waals surface area contributed by atoms with Crippen LogP contribution in [0.2, 0.25) is 0 Å². The summed E-state index contributed by atoms with van der Waals surface area (Å²) in [6.45, 7) is 1.96. The number of rotatable bonds is 2. The summed E-state index contributed by atoms with van der Waals surface area (Å²) in [5, 5.41) is 0. The molecule has 2 unspecified atom stereocenters. The van der Waals surface area contributed by atoms with Crippen LogP contribution < -0.4 is 0 Å². The van der Waals surface area contributed by atoms with Gasteiger partial charge < -0.3 is 0 Å². The van der Waals surface area contributed by atoms with Crippen molar-refractivity contribution in [2.45, 2.75) is 25.3 Å². The molecule has 2 atom stereocenters. The smallest absolute Gasteiger partial charge is 0.261 e. The molecule has 2 aromatic rings. The van der Waals surface area contributed by atoms with Crippen molar-refractivity contribution in [2.24, 2.45) is 4.99 Å². The van der Waals surface area contributed by atoms with Gasteiger partial charge >= 0.3 is 0 Å². The van der Waals surface area contributed by atoms with Gasteiger partial charge in [0.1, 0.15) is 0 Å². The predicted molar refractivity (Wildman–Crippen MR) is 105 cm³/mol. The van der Waals surface area contributed by atoms with Gasteiger partial charge in [-0.3, -0.25) is 19.5 Å². The van der Waals surface area contributed by atoms with Crippen molar-refractivity contribution < 1.29 is 9.59 Å². The molecule has 0 bridgehead atoms. The lowest BCUT2D eigenvalue weighted by atomic mass is 9.77. The van der Waals surface area contributed by atoms with E-state index < -0.39 is 0 Å². The maximum atomic E-state index is 13.0. The van der Waals surface area contributed by atoms with E-state index in [2.05, 4.69) is 12.2 Å². The number of benzene rings is 2. The topological polar surface area (TPSA) is 49.7 Å². The highest BCUT2D eigenvalue weighted by Gasteiger charge is 2.43. The Morgan fingerprint density at radius 1 is 1.00 bits per heavy atom. The van der Waals surface area contributed by atoms with Crippen LogP contribution in [-0.2, 0) is 0 Å². The number of amides is 2. The second-order valence-corrected chi connectivity index (χ2v) is 7.12. The van der Waals surface area contributed by atoms with E-state index in [1.54, 1.807) is 24.3 Å². The number of hydrogen-bond acceptors (Lipinski definition) is 3. The molecule has 2 aromatic carbocycles. The number of para-hydroxylation sites is 1. The zero-order valence-corrected chi connectivity index (χ0v) is 14.9. The van der Waals surface area contributed by atoms with Crippen LogP contribution in [0.25, 0.3) is 0 Å². The second-order valence-electron chi connectivity index (χ2n) is 7.12. The highest BCUT2D eigenvalue weighted by molar-refractivity contribution is 6.21. The van der Waals surface area contributed by atoms with Gasteiger partial charge in [-0.2, -0.15) is 0 Å². The van der Waals surface area contributed by atoms with Crippen molar-refractivity contribution in [3.05, 3.63) is 89.0 Å². The van der Waals surface area contributed by atoms with Crippen molar-refractivity contribution in [3.63, 3.8) is 0 Å². The van der Waals surface area contributed by atoms with E-state index >= 15 is 0 Å². The summed E-state index contributed by atoms with van der Waals surface area (Å²) >= 11 is 0. The molecule has 132 valence electrons. The average Bonchev–Trinajstić information content (AvgIpc) is 2.96. The first-order chi connectivity index (χ1) is 13.2. The molecule has 2 amide bonds. The van der Waals surface area contributed by atoms with Gasteiger partial charge in [0.25, 0.3) is 11.8 Å². The number of allylic oxidation sites excluding steroid dienone is 3. The summed E-state index contributed by atoms with van der Waals surface area (Å²) in [6.07, 6.45) is 6.95. The minimum atomic E-state index is -0.304. The quantitative estimate of drug-likeness (QED) is 0.749. The van der Waals surface area contributed by atoms with E-state index in [1.807, 2.05) is 37.3 Å². The normalized spacial score (nSPS) is 21.2.